The minimum absolute atomic E-state index is 0.449. The Morgan fingerprint density at radius 2 is 1.88 bits per heavy atom. The Morgan fingerprint density at radius 3 is 2.62 bits per heavy atom. The second-order valence-electron chi connectivity index (χ2n) is 8.06. The fourth-order valence-corrected chi connectivity index (χ4v) is 3.85. The van der Waals surface area contributed by atoms with E-state index in [4.69, 9.17) is 13.9 Å². The first-order valence-electron chi connectivity index (χ1n) is 11.1. The molecule has 0 N–H and O–H groups in total. The Morgan fingerprint density at radius 1 is 1.00 bits per heavy atom. The van der Waals surface area contributed by atoms with Crippen molar-refractivity contribution in [3.63, 3.8) is 0 Å². The maximum absolute atomic E-state index is 5.95. The van der Waals surface area contributed by atoms with Gasteiger partial charge < -0.3 is 13.9 Å². The molecule has 0 saturated carbocycles. The number of ether oxygens (including phenoxy) is 2. The third-order valence-electron chi connectivity index (χ3n) is 5.66. The van der Waals surface area contributed by atoms with Crippen molar-refractivity contribution in [2.75, 3.05) is 7.11 Å². The Balaban J connectivity index is 1.44. The summed E-state index contributed by atoms with van der Waals surface area (Å²) in [5, 5.41) is 8.28. The van der Waals surface area contributed by atoms with Gasteiger partial charge in [-0.15, -0.1) is 10.2 Å². The number of methoxy groups -OCH3 is 1. The van der Waals surface area contributed by atoms with E-state index in [9.17, 15) is 0 Å². The van der Waals surface area contributed by atoms with Crippen molar-refractivity contribution in [2.24, 2.45) is 0 Å². The lowest BCUT2D eigenvalue weighted by Gasteiger charge is -2.12. The van der Waals surface area contributed by atoms with Gasteiger partial charge in [-0.25, -0.2) is 4.98 Å². The van der Waals surface area contributed by atoms with E-state index in [0.29, 0.717) is 30.6 Å². The van der Waals surface area contributed by atoms with Crippen molar-refractivity contribution in [2.45, 2.75) is 33.8 Å². The third kappa shape index (κ3) is 4.10. The van der Waals surface area contributed by atoms with Gasteiger partial charge in [0.2, 0.25) is 5.89 Å². The zero-order valence-electron chi connectivity index (χ0n) is 19.6. The maximum atomic E-state index is 5.95. The second-order valence-corrected chi connectivity index (χ2v) is 8.06. The van der Waals surface area contributed by atoms with Gasteiger partial charge in [0.1, 0.15) is 23.8 Å². The van der Waals surface area contributed by atoms with Crippen LogP contribution in [0.25, 0.3) is 28.4 Å². The number of aryl methyl sites for hydroxylation is 3. The smallest absolute Gasteiger partial charge is 0.251 e. The first-order chi connectivity index (χ1) is 16.6. The van der Waals surface area contributed by atoms with Crippen LogP contribution in [0.2, 0.25) is 0 Å². The number of fused-ring (bicyclic) bond motifs is 1. The lowest BCUT2D eigenvalue weighted by atomic mass is 10.0. The fraction of sp³-hybridized carbons (Fsp3) is 0.231. The molecule has 4 heterocycles. The zero-order valence-corrected chi connectivity index (χ0v) is 19.6. The number of hydrogen-bond donors (Lipinski definition) is 0. The second kappa shape index (κ2) is 8.97. The molecule has 8 heteroatoms. The van der Waals surface area contributed by atoms with E-state index >= 15 is 0 Å². The molecule has 0 radical (unpaired) electrons. The summed E-state index contributed by atoms with van der Waals surface area (Å²) in [5.41, 5.74) is 6.48. The van der Waals surface area contributed by atoms with Crippen molar-refractivity contribution in [1.29, 1.82) is 0 Å². The van der Waals surface area contributed by atoms with Crippen LogP contribution < -0.4 is 9.47 Å². The van der Waals surface area contributed by atoms with Gasteiger partial charge in [0, 0.05) is 41.7 Å². The van der Waals surface area contributed by atoms with E-state index in [1.807, 2.05) is 74.1 Å². The van der Waals surface area contributed by atoms with Crippen molar-refractivity contribution < 1.29 is 13.9 Å². The molecular weight excluding hydrogens is 430 g/mol. The van der Waals surface area contributed by atoms with E-state index in [1.54, 1.807) is 7.11 Å². The molecule has 8 nitrogen and oxygen atoms in total. The highest BCUT2D eigenvalue weighted by Gasteiger charge is 2.19. The molecule has 5 rings (SSSR count). The number of imidazole rings is 1. The quantitative estimate of drug-likeness (QED) is 0.333. The highest BCUT2D eigenvalue weighted by Crippen LogP contribution is 2.37. The molecule has 4 aromatic heterocycles. The number of hydrogen-bond acceptors (Lipinski definition) is 7. The summed E-state index contributed by atoms with van der Waals surface area (Å²) in [6.07, 6.45) is 6.32. The van der Waals surface area contributed by atoms with Crippen LogP contribution in [0.15, 0.2) is 59.4 Å². The van der Waals surface area contributed by atoms with Gasteiger partial charge in [-0.2, -0.15) is 0 Å². The summed E-state index contributed by atoms with van der Waals surface area (Å²) in [6.45, 7) is 6.40. The SMILES string of the molecule is CCc1nnc(-c2c(C)cc(-c3cnc4cc(OCc5ccc(C)nc5)ccn34)cc2OC)o1. The number of nitrogens with zero attached hydrogens (tertiary/aromatic N) is 5. The molecule has 5 aromatic rings. The number of aromatic nitrogens is 5. The van der Waals surface area contributed by atoms with Crippen LogP contribution in [0.3, 0.4) is 0 Å². The first kappa shape index (κ1) is 21.6. The molecule has 0 aliphatic rings. The Kier molecular flexibility index (Phi) is 5.71. The summed E-state index contributed by atoms with van der Waals surface area (Å²) >= 11 is 0. The van der Waals surface area contributed by atoms with Crippen molar-refractivity contribution in [1.82, 2.24) is 24.6 Å². The van der Waals surface area contributed by atoms with Crippen molar-refractivity contribution in [3.05, 3.63) is 77.7 Å². The molecule has 172 valence electrons. The molecule has 0 spiro atoms. The van der Waals surface area contributed by atoms with E-state index in [2.05, 4.69) is 26.2 Å². The molecule has 0 atom stereocenters. The minimum Gasteiger partial charge on any atom is -0.496 e. The first-order valence-corrected chi connectivity index (χ1v) is 11.1. The van der Waals surface area contributed by atoms with Gasteiger partial charge in [-0.3, -0.25) is 9.38 Å². The molecule has 0 aliphatic heterocycles. The molecular formula is C26H25N5O3. The van der Waals surface area contributed by atoms with Crippen LogP contribution in [0.1, 0.15) is 29.6 Å². The van der Waals surface area contributed by atoms with E-state index in [0.717, 1.165) is 45.0 Å². The van der Waals surface area contributed by atoms with Crippen LogP contribution in [-0.4, -0.2) is 31.7 Å². The molecule has 0 amide bonds. The van der Waals surface area contributed by atoms with Crippen molar-refractivity contribution >= 4 is 5.65 Å². The summed E-state index contributed by atoms with van der Waals surface area (Å²) in [6, 6.07) is 11.9. The number of pyridine rings is 2. The monoisotopic (exact) mass is 455 g/mol. The van der Waals surface area contributed by atoms with Crippen molar-refractivity contribution in [3.8, 4) is 34.2 Å². The van der Waals surface area contributed by atoms with Gasteiger partial charge in [0.05, 0.1) is 24.6 Å². The Labute approximate surface area is 197 Å². The topological polar surface area (TPSA) is 87.6 Å². The van der Waals surface area contributed by atoms with Gasteiger partial charge >= 0.3 is 0 Å². The fourth-order valence-electron chi connectivity index (χ4n) is 3.85. The summed E-state index contributed by atoms with van der Waals surface area (Å²) < 4.78 is 19.4. The third-order valence-corrected chi connectivity index (χ3v) is 5.66. The molecule has 34 heavy (non-hydrogen) atoms. The Bertz CT molecular complexity index is 1450. The number of rotatable bonds is 7. The average Bonchev–Trinajstić information content (AvgIpc) is 3.50. The van der Waals surface area contributed by atoms with E-state index in [-0.39, 0.29) is 0 Å². The predicted molar refractivity (Wildman–Crippen MR) is 128 cm³/mol. The molecule has 0 bridgehead atoms. The summed E-state index contributed by atoms with van der Waals surface area (Å²) in [4.78, 5) is 8.90. The van der Waals surface area contributed by atoms with Gasteiger partial charge in [0.25, 0.3) is 5.89 Å². The zero-order chi connectivity index (χ0) is 23.7. The largest absolute Gasteiger partial charge is 0.496 e. The number of benzene rings is 1. The summed E-state index contributed by atoms with van der Waals surface area (Å²) in [7, 11) is 1.64. The van der Waals surface area contributed by atoms with Gasteiger partial charge in [-0.1, -0.05) is 13.0 Å². The van der Waals surface area contributed by atoms with Crippen LogP contribution in [0.5, 0.6) is 11.5 Å². The van der Waals surface area contributed by atoms with Gasteiger partial charge in [0.15, 0.2) is 0 Å². The maximum Gasteiger partial charge on any atom is 0.251 e. The van der Waals surface area contributed by atoms with Gasteiger partial charge in [-0.05, 0) is 43.7 Å². The minimum atomic E-state index is 0.449. The lowest BCUT2D eigenvalue weighted by Crippen LogP contribution is -1.98. The summed E-state index contributed by atoms with van der Waals surface area (Å²) in [5.74, 6) is 2.47. The molecule has 0 unspecified atom stereocenters. The molecule has 1 aromatic carbocycles. The standard InChI is InChI=1S/C26H25N5O3/c1-5-24-29-30-26(34-24)25-16(2)10-19(11-22(25)32-4)21-14-28-23-12-20(8-9-31(21)23)33-15-18-7-6-17(3)27-13-18/h6-14H,5,15H2,1-4H3. The highest BCUT2D eigenvalue weighted by atomic mass is 16.5. The average molecular weight is 456 g/mol. The van der Waals surface area contributed by atoms with Crippen LogP contribution in [0.4, 0.5) is 0 Å². The normalized spacial score (nSPS) is 11.2. The lowest BCUT2D eigenvalue weighted by molar-refractivity contribution is 0.305. The Hall–Kier alpha value is -4.20. The van der Waals surface area contributed by atoms with E-state index in [1.165, 1.54) is 0 Å². The van der Waals surface area contributed by atoms with E-state index < -0.39 is 0 Å². The van der Waals surface area contributed by atoms with Crippen LogP contribution >= 0.6 is 0 Å². The molecule has 0 saturated heterocycles. The molecule has 0 aliphatic carbocycles. The predicted octanol–water partition coefficient (Wildman–Crippen LogP) is 5.21. The highest BCUT2D eigenvalue weighted by molar-refractivity contribution is 5.75. The molecule has 0 fully saturated rings. The van der Waals surface area contributed by atoms with Crippen LogP contribution in [-0.2, 0) is 13.0 Å². The van der Waals surface area contributed by atoms with Crippen LogP contribution in [0, 0.1) is 13.8 Å².